The van der Waals surface area contributed by atoms with Crippen LogP contribution in [0.2, 0.25) is 0 Å². The van der Waals surface area contributed by atoms with Crippen LogP contribution in [0.3, 0.4) is 0 Å². The Bertz CT molecular complexity index is 390. The van der Waals surface area contributed by atoms with Gasteiger partial charge in [0, 0.05) is 6.54 Å². The van der Waals surface area contributed by atoms with E-state index in [1.54, 1.807) is 0 Å². The highest BCUT2D eigenvalue weighted by atomic mass is 16.2. The molecule has 1 aromatic rings. The van der Waals surface area contributed by atoms with E-state index in [1.165, 1.54) is 11.1 Å². The third kappa shape index (κ3) is 2.51. The fourth-order valence-electron chi connectivity index (χ4n) is 2.19. The largest absolute Gasteiger partial charge is 0.355 e. The monoisotopic (exact) mass is 231 g/mol. The van der Waals surface area contributed by atoms with Crippen LogP contribution in [0.5, 0.6) is 0 Å². The van der Waals surface area contributed by atoms with Gasteiger partial charge >= 0.3 is 0 Å². The number of rotatable bonds is 5. The molecular weight excluding hydrogens is 210 g/mol. The molecule has 2 nitrogen and oxygen atoms in total. The summed E-state index contributed by atoms with van der Waals surface area (Å²) >= 11 is 0. The second-order valence-corrected chi connectivity index (χ2v) is 5.06. The SMILES string of the molecule is CCCCNC(=O)C1(c2ccc(C)cc2)CC1. The van der Waals surface area contributed by atoms with E-state index in [-0.39, 0.29) is 11.3 Å². The van der Waals surface area contributed by atoms with Crippen molar-refractivity contribution in [3.05, 3.63) is 35.4 Å². The molecule has 17 heavy (non-hydrogen) atoms. The highest BCUT2D eigenvalue weighted by Crippen LogP contribution is 2.48. The van der Waals surface area contributed by atoms with Gasteiger partial charge in [-0.1, -0.05) is 43.2 Å². The van der Waals surface area contributed by atoms with Crippen molar-refractivity contribution in [1.29, 1.82) is 0 Å². The van der Waals surface area contributed by atoms with Gasteiger partial charge in [-0.15, -0.1) is 0 Å². The summed E-state index contributed by atoms with van der Waals surface area (Å²) in [7, 11) is 0. The molecule has 0 atom stereocenters. The lowest BCUT2D eigenvalue weighted by molar-refractivity contribution is -0.123. The van der Waals surface area contributed by atoms with Crippen molar-refractivity contribution in [3.63, 3.8) is 0 Å². The molecule has 1 aliphatic carbocycles. The zero-order chi connectivity index (χ0) is 12.3. The third-order valence-corrected chi connectivity index (χ3v) is 3.60. The Kier molecular flexibility index (Phi) is 3.51. The minimum atomic E-state index is -0.207. The van der Waals surface area contributed by atoms with E-state index < -0.39 is 0 Å². The second-order valence-electron chi connectivity index (χ2n) is 5.06. The maximum Gasteiger partial charge on any atom is 0.230 e. The first-order valence-electron chi connectivity index (χ1n) is 6.54. The van der Waals surface area contributed by atoms with E-state index in [0.29, 0.717) is 0 Å². The van der Waals surface area contributed by atoms with Crippen molar-refractivity contribution in [2.75, 3.05) is 6.54 Å². The number of carbonyl (C=O) groups excluding carboxylic acids is 1. The van der Waals surface area contributed by atoms with Crippen LogP contribution >= 0.6 is 0 Å². The molecule has 0 aliphatic heterocycles. The first-order valence-corrected chi connectivity index (χ1v) is 6.54. The Labute approximate surface area is 103 Å². The lowest BCUT2D eigenvalue weighted by Crippen LogP contribution is -2.35. The van der Waals surface area contributed by atoms with Gasteiger partial charge in [0.25, 0.3) is 0 Å². The molecule has 2 rings (SSSR count). The minimum Gasteiger partial charge on any atom is -0.355 e. The Hall–Kier alpha value is -1.31. The van der Waals surface area contributed by atoms with Crippen LogP contribution < -0.4 is 5.32 Å². The van der Waals surface area contributed by atoms with Gasteiger partial charge in [0.05, 0.1) is 5.41 Å². The third-order valence-electron chi connectivity index (χ3n) is 3.60. The smallest absolute Gasteiger partial charge is 0.230 e. The summed E-state index contributed by atoms with van der Waals surface area (Å²) in [6, 6.07) is 8.38. The van der Waals surface area contributed by atoms with Crippen molar-refractivity contribution in [1.82, 2.24) is 5.32 Å². The molecule has 0 bridgehead atoms. The van der Waals surface area contributed by atoms with Crippen LogP contribution in [0.25, 0.3) is 0 Å². The summed E-state index contributed by atoms with van der Waals surface area (Å²) in [6.07, 6.45) is 4.18. The Morgan fingerprint density at radius 3 is 2.47 bits per heavy atom. The van der Waals surface area contributed by atoms with Gasteiger partial charge < -0.3 is 5.32 Å². The first-order chi connectivity index (χ1) is 8.19. The van der Waals surface area contributed by atoms with Crippen LogP contribution in [0.4, 0.5) is 0 Å². The molecule has 92 valence electrons. The maximum atomic E-state index is 12.2. The Morgan fingerprint density at radius 2 is 1.94 bits per heavy atom. The zero-order valence-electron chi connectivity index (χ0n) is 10.8. The number of amides is 1. The lowest BCUT2D eigenvalue weighted by Gasteiger charge is -2.15. The van der Waals surface area contributed by atoms with Gasteiger partial charge in [-0.05, 0) is 31.7 Å². The standard InChI is InChI=1S/C15H21NO/c1-3-4-11-16-14(17)15(9-10-15)13-7-5-12(2)6-8-13/h5-8H,3-4,9-11H2,1-2H3,(H,16,17). The average molecular weight is 231 g/mol. The summed E-state index contributed by atoms with van der Waals surface area (Å²) in [4.78, 5) is 12.2. The summed E-state index contributed by atoms with van der Waals surface area (Å²) in [6.45, 7) is 5.02. The van der Waals surface area contributed by atoms with Crippen molar-refractivity contribution in [2.24, 2.45) is 0 Å². The molecule has 1 aromatic carbocycles. The molecule has 0 saturated heterocycles. The van der Waals surface area contributed by atoms with E-state index in [0.717, 1.165) is 32.2 Å². The van der Waals surface area contributed by atoms with Crippen molar-refractivity contribution in [3.8, 4) is 0 Å². The molecule has 0 radical (unpaired) electrons. The normalized spacial score (nSPS) is 16.6. The summed E-state index contributed by atoms with van der Waals surface area (Å²) in [5.41, 5.74) is 2.22. The van der Waals surface area contributed by atoms with E-state index in [9.17, 15) is 4.79 Å². The van der Waals surface area contributed by atoms with Gasteiger partial charge in [-0.3, -0.25) is 4.79 Å². The molecule has 0 spiro atoms. The fourth-order valence-corrected chi connectivity index (χ4v) is 2.19. The predicted octanol–water partition coefficient (Wildman–Crippen LogP) is 2.94. The maximum absolute atomic E-state index is 12.2. The van der Waals surface area contributed by atoms with E-state index in [4.69, 9.17) is 0 Å². The van der Waals surface area contributed by atoms with E-state index in [2.05, 4.69) is 43.4 Å². The van der Waals surface area contributed by atoms with Crippen LogP contribution in [-0.4, -0.2) is 12.5 Å². The molecule has 0 aromatic heterocycles. The number of unbranched alkanes of at least 4 members (excludes halogenated alkanes) is 1. The molecule has 2 heteroatoms. The topological polar surface area (TPSA) is 29.1 Å². The Balaban J connectivity index is 2.03. The van der Waals surface area contributed by atoms with Crippen LogP contribution in [0.15, 0.2) is 24.3 Å². The molecule has 0 unspecified atom stereocenters. The fraction of sp³-hybridized carbons (Fsp3) is 0.533. The summed E-state index contributed by atoms with van der Waals surface area (Å²) < 4.78 is 0. The zero-order valence-corrected chi connectivity index (χ0v) is 10.8. The Morgan fingerprint density at radius 1 is 1.29 bits per heavy atom. The molecule has 1 fully saturated rings. The van der Waals surface area contributed by atoms with Crippen molar-refractivity contribution >= 4 is 5.91 Å². The number of aryl methyl sites for hydroxylation is 1. The van der Waals surface area contributed by atoms with E-state index >= 15 is 0 Å². The second kappa shape index (κ2) is 4.91. The molecule has 0 heterocycles. The number of benzene rings is 1. The van der Waals surface area contributed by atoms with Gasteiger partial charge in [-0.25, -0.2) is 0 Å². The lowest BCUT2D eigenvalue weighted by atomic mass is 9.94. The van der Waals surface area contributed by atoms with Crippen LogP contribution in [0.1, 0.15) is 43.7 Å². The molecule has 1 aliphatic rings. The molecule has 1 N–H and O–H groups in total. The van der Waals surface area contributed by atoms with Gasteiger partial charge in [0.1, 0.15) is 0 Å². The number of hydrogen-bond acceptors (Lipinski definition) is 1. The minimum absolute atomic E-state index is 0.207. The average Bonchev–Trinajstić information content (AvgIpc) is 3.11. The number of nitrogens with one attached hydrogen (secondary N) is 1. The van der Waals surface area contributed by atoms with Gasteiger partial charge in [0.2, 0.25) is 5.91 Å². The highest BCUT2D eigenvalue weighted by molar-refractivity contribution is 5.91. The van der Waals surface area contributed by atoms with Crippen LogP contribution in [0, 0.1) is 6.92 Å². The van der Waals surface area contributed by atoms with Crippen molar-refractivity contribution < 1.29 is 4.79 Å². The number of carbonyl (C=O) groups is 1. The summed E-state index contributed by atoms with van der Waals surface area (Å²) in [5.74, 6) is 0.217. The molecular formula is C15H21NO. The predicted molar refractivity (Wildman–Crippen MR) is 70.0 cm³/mol. The summed E-state index contributed by atoms with van der Waals surface area (Å²) in [5, 5.41) is 3.06. The van der Waals surface area contributed by atoms with Gasteiger partial charge in [-0.2, -0.15) is 0 Å². The first kappa shape index (κ1) is 12.2. The molecule has 1 saturated carbocycles. The highest BCUT2D eigenvalue weighted by Gasteiger charge is 2.50. The van der Waals surface area contributed by atoms with Gasteiger partial charge in [0.15, 0.2) is 0 Å². The van der Waals surface area contributed by atoms with E-state index in [1.807, 2.05) is 0 Å². The van der Waals surface area contributed by atoms with Crippen LogP contribution in [-0.2, 0) is 10.2 Å². The van der Waals surface area contributed by atoms with Crippen molar-refractivity contribution in [2.45, 2.75) is 44.9 Å². The number of hydrogen-bond donors (Lipinski definition) is 1. The quantitative estimate of drug-likeness (QED) is 0.776. The molecule has 1 amide bonds.